The summed E-state index contributed by atoms with van der Waals surface area (Å²) in [5.41, 5.74) is 6.67. The number of hydrogen-bond donors (Lipinski definition) is 3. The number of hydrogen-bond acceptors (Lipinski definition) is 4. The van der Waals surface area contributed by atoms with Crippen molar-refractivity contribution < 1.29 is 9.59 Å². The number of aromatic nitrogens is 3. The summed E-state index contributed by atoms with van der Waals surface area (Å²) in [4.78, 5) is 22.3. The molecule has 18 heavy (non-hydrogen) atoms. The van der Waals surface area contributed by atoms with Crippen molar-refractivity contribution in [1.82, 2.24) is 15.4 Å². The number of anilines is 1. The van der Waals surface area contributed by atoms with E-state index in [2.05, 4.69) is 20.7 Å². The van der Waals surface area contributed by atoms with Gasteiger partial charge in [0.25, 0.3) is 5.91 Å². The largest absolute Gasteiger partial charge is 0.364 e. The quantitative estimate of drug-likeness (QED) is 0.731. The first-order valence-electron chi connectivity index (χ1n) is 5.17. The number of benzene rings is 1. The van der Waals surface area contributed by atoms with Crippen molar-refractivity contribution in [3.8, 4) is 11.3 Å². The highest BCUT2D eigenvalue weighted by Crippen LogP contribution is 2.27. The molecule has 0 saturated heterocycles. The molecule has 7 heteroatoms. The number of aromatic amines is 1. The lowest BCUT2D eigenvalue weighted by Crippen LogP contribution is -2.13. The molecular weight excluding hydrogens is 234 g/mol. The molecule has 0 atom stereocenters. The molecule has 1 aromatic carbocycles. The van der Waals surface area contributed by atoms with Gasteiger partial charge >= 0.3 is 0 Å². The normalized spacial score (nSPS) is 10.1. The van der Waals surface area contributed by atoms with Crippen LogP contribution in [0.15, 0.2) is 24.3 Å². The summed E-state index contributed by atoms with van der Waals surface area (Å²) in [6.45, 7) is 1.40. The SMILES string of the molecule is CC(=O)Nc1ccccc1-c1n[nH]nc1C(N)=O. The van der Waals surface area contributed by atoms with Crippen molar-refractivity contribution in [2.75, 3.05) is 5.32 Å². The zero-order chi connectivity index (χ0) is 13.1. The van der Waals surface area contributed by atoms with Crippen LogP contribution in [0.5, 0.6) is 0 Å². The van der Waals surface area contributed by atoms with Crippen molar-refractivity contribution in [2.24, 2.45) is 5.73 Å². The zero-order valence-electron chi connectivity index (χ0n) is 9.60. The van der Waals surface area contributed by atoms with Crippen molar-refractivity contribution in [3.05, 3.63) is 30.0 Å². The Bertz CT molecular complexity index is 605. The molecule has 2 amide bonds. The van der Waals surface area contributed by atoms with E-state index in [1.54, 1.807) is 24.3 Å². The first-order valence-corrected chi connectivity index (χ1v) is 5.17. The maximum atomic E-state index is 11.2. The van der Waals surface area contributed by atoms with Crippen molar-refractivity contribution in [2.45, 2.75) is 6.92 Å². The highest BCUT2D eigenvalue weighted by atomic mass is 16.1. The van der Waals surface area contributed by atoms with E-state index in [9.17, 15) is 9.59 Å². The lowest BCUT2D eigenvalue weighted by molar-refractivity contribution is -0.114. The molecule has 0 saturated carbocycles. The highest BCUT2D eigenvalue weighted by Gasteiger charge is 2.17. The minimum atomic E-state index is -0.684. The Morgan fingerprint density at radius 3 is 2.67 bits per heavy atom. The number of amides is 2. The van der Waals surface area contributed by atoms with Crippen LogP contribution < -0.4 is 11.1 Å². The number of rotatable bonds is 3. The number of nitrogens with two attached hydrogens (primary N) is 1. The molecule has 4 N–H and O–H groups in total. The topological polar surface area (TPSA) is 114 Å². The van der Waals surface area contributed by atoms with E-state index in [0.29, 0.717) is 16.9 Å². The summed E-state index contributed by atoms with van der Waals surface area (Å²) >= 11 is 0. The maximum Gasteiger partial charge on any atom is 0.271 e. The second-order valence-electron chi connectivity index (χ2n) is 3.61. The number of nitrogens with one attached hydrogen (secondary N) is 2. The smallest absolute Gasteiger partial charge is 0.271 e. The van der Waals surface area contributed by atoms with Crippen LogP contribution in [-0.2, 0) is 4.79 Å². The fraction of sp³-hybridized carbons (Fsp3) is 0.0909. The molecule has 1 heterocycles. The highest BCUT2D eigenvalue weighted by molar-refractivity contribution is 6.00. The molecule has 2 aromatic rings. The van der Waals surface area contributed by atoms with E-state index in [-0.39, 0.29) is 11.6 Å². The van der Waals surface area contributed by atoms with Gasteiger partial charge in [0, 0.05) is 12.5 Å². The van der Waals surface area contributed by atoms with E-state index in [4.69, 9.17) is 5.73 Å². The van der Waals surface area contributed by atoms with Crippen LogP contribution >= 0.6 is 0 Å². The van der Waals surface area contributed by atoms with Gasteiger partial charge in [0.2, 0.25) is 5.91 Å². The van der Waals surface area contributed by atoms with Gasteiger partial charge in [-0.3, -0.25) is 9.59 Å². The summed E-state index contributed by atoms with van der Waals surface area (Å²) in [6.07, 6.45) is 0. The molecule has 1 aromatic heterocycles. The van der Waals surface area contributed by atoms with Gasteiger partial charge in [-0.2, -0.15) is 15.4 Å². The molecule has 0 radical (unpaired) electrons. The van der Waals surface area contributed by atoms with Gasteiger partial charge in [-0.25, -0.2) is 0 Å². The third kappa shape index (κ3) is 2.19. The number of carbonyl (C=O) groups excluding carboxylic acids is 2. The molecule has 0 fully saturated rings. The number of H-pyrrole nitrogens is 1. The van der Waals surface area contributed by atoms with Gasteiger partial charge in [-0.05, 0) is 6.07 Å². The Hall–Kier alpha value is -2.70. The number of para-hydroxylation sites is 1. The third-order valence-electron chi connectivity index (χ3n) is 2.27. The van der Waals surface area contributed by atoms with E-state index >= 15 is 0 Å². The van der Waals surface area contributed by atoms with E-state index in [1.165, 1.54) is 6.92 Å². The Balaban J connectivity index is 2.53. The van der Waals surface area contributed by atoms with Gasteiger partial charge < -0.3 is 11.1 Å². The van der Waals surface area contributed by atoms with E-state index < -0.39 is 5.91 Å². The molecule has 0 aliphatic heterocycles. The first kappa shape index (κ1) is 11.8. The molecular formula is C11H11N5O2. The summed E-state index contributed by atoms with van der Waals surface area (Å²) in [7, 11) is 0. The standard InChI is InChI=1S/C11H11N5O2/c1-6(17)13-8-5-3-2-4-7(8)9-10(11(12)18)15-16-14-9/h2-5H,1H3,(H2,12,18)(H,13,17)(H,14,15,16). The number of nitrogens with zero attached hydrogens (tertiary/aromatic N) is 2. The Morgan fingerprint density at radius 1 is 1.28 bits per heavy atom. The molecule has 0 unspecified atom stereocenters. The van der Waals surface area contributed by atoms with E-state index in [0.717, 1.165) is 0 Å². The predicted molar refractivity (Wildman–Crippen MR) is 64.6 cm³/mol. The van der Waals surface area contributed by atoms with Gasteiger partial charge in [0.1, 0.15) is 5.69 Å². The summed E-state index contributed by atoms with van der Waals surface area (Å²) < 4.78 is 0. The van der Waals surface area contributed by atoms with E-state index in [1.807, 2.05) is 0 Å². The second-order valence-corrected chi connectivity index (χ2v) is 3.61. The van der Waals surface area contributed by atoms with Crippen LogP contribution in [0.25, 0.3) is 11.3 Å². The van der Waals surface area contributed by atoms with Crippen LogP contribution in [-0.4, -0.2) is 27.2 Å². The average molecular weight is 245 g/mol. The second kappa shape index (κ2) is 4.66. The Kier molecular flexibility index (Phi) is 3.05. The molecule has 0 aliphatic carbocycles. The molecule has 7 nitrogen and oxygen atoms in total. The van der Waals surface area contributed by atoms with Crippen LogP contribution in [0.2, 0.25) is 0 Å². The van der Waals surface area contributed by atoms with Gasteiger partial charge in [-0.1, -0.05) is 18.2 Å². The van der Waals surface area contributed by atoms with Gasteiger partial charge in [0.05, 0.1) is 5.69 Å². The van der Waals surface area contributed by atoms with Gasteiger partial charge in [-0.15, -0.1) is 0 Å². The zero-order valence-corrected chi connectivity index (χ0v) is 9.60. The van der Waals surface area contributed by atoms with Gasteiger partial charge in [0.15, 0.2) is 5.69 Å². The van der Waals surface area contributed by atoms with Crippen molar-refractivity contribution in [3.63, 3.8) is 0 Å². The fourth-order valence-corrected chi connectivity index (χ4v) is 1.58. The van der Waals surface area contributed by atoms with Crippen LogP contribution in [0.4, 0.5) is 5.69 Å². The van der Waals surface area contributed by atoms with Crippen LogP contribution in [0, 0.1) is 0 Å². The minimum Gasteiger partial charge on any atom is -0.364 e. The molecule has 0 bridgehead atoms. The minimum absolute atomic E-state index is 0.0350. The van der Waals surface area contributed by atoms with Crippen LogP contribution in [0.1, 0.15) is 17.4 Å². The Labute approximate surface area is 102 Å². The average Bonchev–Trinajstić information content (AvgIpc) is 2.77. The first-order chi connectivity index (χ1) is 8.59. The van der Waals surface area contributed by atoms with Crippen molar-refractivity contribution in [1.29, 1.82) is 0 Å². The lowest BCUT2D eigenvalue weighted by atomic mass is 10.1. The Morgan fingerprint density at radius 2 is 2.00 bits per heavy atom. The number of primary amides is 1. The number of carbonyl (C=O) groups is 2. The van der Waals surface area contributed by atoms with Crippen molar-refractivity contribution >= 4 is 17.5 Å². The molecule has 0 spiro atoms. The molecule has 92 valence electrons. The molecule has 0 aliphatic rings. The summed E-state index contributed by atoms with van der Waals surface area (Å²) in [5.74, 6) is -0.900. The summed E-state index contributed by atoms with van der Waals surface area (Å²) in [5, 5.41) is 12.6. The fourth-order valence-electron chi connectivity index (χ4n) is 1.58. The van der Waals surface area contributed by atoms with Crippen LogP contribution in [0.3, 0.4) is 0 Å². The third-order valence-corrected chi connectivity index (χ3v) is 2.27. The maximum absolute atomic E-state index is 11.2. The summed E-state index contributed by atoms with van der Waals surface area (Å²) in [6, 6.07) is 6.95. The monoisotopic (exact) mass is 245 g/mol. The predicted octanol–water partition coefficient (Wildman–Crippen LogP) is 0.529. The lowest BCUT2D eigenvalue weighted by Gasteiger charge is -2.07. The molecule has 2 rings (SSSR count).